The van der Waals surface area contributed by atoms with E-state index in [-0.39, 0.29) is 11.9 Å². The molecule has 3 amide bonds. The summed E-state index contributed by atoms with van der Waals surface area (Å²) in [6.07, 6.45) is 3.01. The summed E-state index contributed by atoms with van der Waals surface area (Å²) in [5.74, 6) is -1.17. The number of rotatable bonds is 1. The van der Waals surface area contributed by atoms with Crippen molar-refractivity contribution in [1.82, 2.24) is 15.1 Å². The molecule has 2 aliphatic heterocycles. The molecule has 0 aliphatic carbocycles. The molecule has 0 saturated carbocycles. The predicted molar refractivity (Wildman–Crippen MR) is 75.8 cm³/mol. The lowest BCUT2D eigenvalue weighted by atomic mass is 9.99. The molecule has 0 aromatic heterocycles. The molecule has 7 nitrogen and oxygen atoms in total. The lowest BCUT2D eigenvalue weighted by Gasteiger charge is -2.44. The molecule has 7 heteroatoms. The van der Waals surface area contributed by atoms with E-state index in [1.807, 2.05) is 0 Å². The van der Waals surface area contributed by atoms with Crippen molar-refractivity contribution in [2.24, 2.45) is 0 Å². The van der Waals surface area contributed by atoms with Crippen LogP contribution in [0.3, 0.4) is 0 Å². The SMILES string of the molecule is CC1(C)C(=O)NCCN1C(=O)N1CCCCCC1C(=O)O. The van der Waals surface area contributed by atoms with Gasteiger partial charge in [0, 0.05) is 19.6 Å². The van der Waals surface area contributed by atoms with Crippen molar-refractivity contribution in [3.8, 4) is 0 Å². The molecule has 2 fully saturated rings. The molecule has 0 aromatic rings. The molecule has 0 radical (unpaired) electrons. The molecule has 1 atom stereocenters. The molecule has 2 saturated heterocycles. The molecule has 0 spiro atoms. The Morgan fingerprint density at radius 2 is 1.95 bits per heavy atom. The molecule has 2 N–H and O–H groups in total. The van der Waals surface area contributed by atoms with Gasteiger partial charge in [-0.1, -0.05) is 12.8 Å². The van der Waals surface area contributed by atoms with Gasteiger partial charge in [0.2, 0.25) is 5.91 Å². The van der Waals surface area contributed by atoms with Crippen LogP contribution in [0.15, 0.2) is 0 Å². The van der Waals surface area contributed by atoms with Gasteiger partial charge >= 0.3 is 12.0 Å². The van der Waals surface area contributed by atoms with Crippen LogP contribution in [-0.2, 0) is 9.59 Å². The summed E-state index contributed by atoms with van der Waals surface area (Å²) in [6, 6.07) is -1.13. The summed E-state index contributed by atoms with van der Waals surface area (Å²) in [5.41, 5.74) is -0.954. The highest BCUT2D eigenvalue weighted by Crippen LogP contribution is 2.24. The van der Waals surface area contributed by atoms with Gasteiger partial charge in [0.15, 0.2) is 0 Å². The third-order valence-electron chi connectivity index (χ3n) is 4.37. The van der Waals surface area contributed by atoms with Gasteiger partial charge in [-0.3, -0.25) is 4.79 Å². The molecule has 2 aliphatic rings. The Morgan fingerprint density at radius 3 is 2.62 bits per heavy atom. The number of carboxylic acids is 1. The normalized spacial score (nSPS) is 26.0. The fourth-order valence-electron chi connectivity index (χ4n) is 2.98. The summed E-state index contributed by atoms with van der Waals surface area (Å²) < 4.78 is 0. The number of piperazine rings is 1. The molecule has 0 bridgehead atoms. The lowest BCUT2D eigenvalue weighted by Crippen LogP contribution is -2.66. The van der Waals surface area contributed by atoms with Gasteiger partial charge in [-0.15, -0.1) is 0 Å². The van der Waals surface area contributed by atoms with Gasteiger partial charge in [-0.2, -0.15) is 0 Å². The average molecular weight is 297 g/mol. The van der Waals surface area contributed by atoms with Crippen LogP contribution in [0.2, 0.25) is 0 Å². The van der Waals surface area contributed by atoms with Crippen LogP contribution in [0.4, 0.5) is 4.79 Å². The largest absolute Gasteiger partial charge is 0.480 e. The second-order valence-corrected chi connectivity index (χ2v) is 6.15. The second kappa shape index (κ2) is 5.91. The van der Waals surface area contributed by atoms with E-state index in [0.717, 1.165) is 19.3 Å². The van der Waals surface area contributed by atoms with E-state index < -0.39 is 17.6 Å². The number of hydrogen-bond acceptors (Lipinski definition) is 3. The van der Waals surface area contributed by atoms with Crippen molar-refractivity contribution in [2.75, 3.05) is 19.6 Å². The van der Waals surface area contributed by atoms with Crippen molar-refractivity contribution >= 4 is 17.9 Å². The summed E-state index contributed by atoms with van der Waals surface area (Å²) >= 11 is 0. The molecule has 1 unspecified atom stereocenters. The zero-order valence-electron chi connectivity index (χ0n) is 12.6. The molecular weight excluding hydrogens is 274 g/mol. The number of aliphatic carboxylic acids is 1. The first kappa shape index (κ1) is 15.6. The summed E-state index contributed by atoms with van der Waals surface area (Å²) in [7, 11) is 0. The number of hydrogen-bond donors (Lipinski definition) is 2. The average Bonchev–Trinajstić information content (AvgIpc) is 2.66. The number of amides is 3. The van der Waals surface area contributed by atoms with Crippen molar-refractivity contribution in [3.05, 3.63) is 0 Å². The molecule has 118 valence electrons. The number of carbonyl (C=O) groups excluding carboxylic acids is 2. The van der Waals surface area contributed by atoms with Crippen molar-refractivity contribution in [3.63, 3.8) is 0 Å². The smallest absolute Gasteiger partial charge is 0.326 e. The lowest BCUT2D eigenvalue weighted by molar-refractivity contribution is -0.142. The highest BCUT2D eigenvalue weighted by Gasteiger charge is 2.44. The van der Waals surface area contributed by atoms with Gasteiger partial charge in [-0.25, -0.2) is 9.59 Å². The first-order valence-electron chi connectivity index (χ1n) is 7.45. The molecular formula is C14H23N3O4. The zero-order chi connectivity index (χ0) is 15.6. The van der Waals surface area contributed by atoms with E-state index >= 15 is 0 Å². The predicted octanol–water partition coefficient (Wildman–Crippen LogP) is 0.646. The minimum atomic E-state index is -0.968. The minimum Gasteiger partial charge on any atom is -0.480 e. The topological polar surface area (TPSA) is 90.0 Å². The monoisotopic (exact) mass is 297 g/mol. The third-order valence-corrected chi connectivity index (χ3v) is 4.37. The summed E-state index contributed by atoms with van der Waals surface area (Å²) in [4.78, 5) is 39.1. The number of carboxylic acid groups (broad SMARTS) is 1. The third kappa shape index (κ3) is 2.96. The molecule has 2 rings (SSSR count). The number of nitrogens with one attached hydrogen (secondary N) is 1. The zero-order valence-corrected chi connectivity index (χ0v) is 12.6. The van der Waals surface area contributed by atoms with Crippen molar-refractivity contribution in [2.45, 2.75) is 51.1 Å². The Balaban J connectivity index is 2.23. The van der Waals surface area contributed by atoms with Gasteiger partial charge in [0.05, 0.1) is 0 Å². The Kier molecular flexibility index (Phi) is 4.39. The Morgan fingerprint density at radius 1 is 1.24 bits per heavy atom. The number of carbonyl (C=O) groups is 3. The number of urea groups is 1. The number of nitrogens with zero attached hydrogens (tertiary/aromatic N) is 2. The first-order valence-corrected chi connectivity index (χ1v) is 7.45. The van der Waals surface area contributed by atoms with Crippen LogP contribution in [0.5, 0.6) is 0 Å². The Labute approximate surface area is 124 Å². The van der Waals surface area contributed by atoms with E-state index in [2.05, 4.69) is 5.32 Å². The van der Waals surface area contributed by atoms with Crippen LogP contribution in [0, 0.1) is 0 Å². The van der Waals surface area contributed by atoms with E-state index in [4.69, 9.17) is 0 Å². The highest BCUT2D eigenvalue weighted by atomic mass is 16.4. The van der Waals surface area contributed by atoms with Crippen LogP contribution < -0.4 is 5.32 Å². The Bertz CT molecular complexity index is 450. The minimum absolute atomic E-state index is 0.205. The van der Waals surface area contributed by atoms with Gasteiger partial charge < -0.3 is 20.2 Å². The van der Waals surface area contributed by atoms with Crippen LogP contribution in [0.1, 0.15) is 39.5 Å². The maximum Gasteiger partial charge on any atom is 0.326 e. The van der Waals surface area contributed by atoms with Crippen molar-refractivity contribution < 1.29 is 19.5 Å². The highest BCUT2D eigenvalue weighted by molar-refractivity contribution is 5.92. The van der Waals surface area contributed by atoms with E-state index in [1.54, 1.807) is 13.8 Å². The fourth-order valence-corrected chi connectivity index (χ4v) is 2.98. The molecule has 2 heterocycles. The van der Waals surface area contributed by atoms with Crippen LogP contribution in [0.25, 0.3) is 0 Å². The maximum atomic E-state index is 12.8. The maximum absolute atomic E-state index is 12.8. The van der Waals surface area contributed by atoms with Gasteiger partial charge in [-0.05, 0) is 26.7 Å². The second-order valence-electron chi connectivity index (χ2n) is 6.15. The first-order chi connectivity index (χ1) is 9.85. The van der Waals surface area contributed by atoms with Gasteiger partial charge in [0.1, 0.15) is 11.6 Å². The van der Waals surface area contributed by atoms with E-state index in [9.17, 15) is 19.5 Å². The number of likely N-dealkylation sites (tertiary alicyclic amines) is 1. The Hall–Kier alpha value is -1.79. The van der Waals surface area contributed by atoms with E-state index in [1.165, 1.54) is 9.80 Å². The fraction of sp³-hybridized carbons (Fsp3) is 0.786. The standard InChI is InChI=1S/C14H23N3O4/c1-14(2)12(20)15-7-9-17(14)13(21)16-8-5-3-4-6-10(16)11(18)19/h10H,3-9H2,1-2H3,(H,15,20)(H,18,19). The quantitative estimate of drug-likeness (QED) is 0.743. The summed E-state index contributed by atoms with van der Waals surface area (Å²) in [5, 5.41) is 12.1. The molecule has 0 aromatic carbocycles. The van der Waals surface area contributed by atoms with E-state index in [0.29, 0.717) is 26.1 Å². The van der Waals surface area contributed by atoms with Crippen LogP contribution >= 0.6 is 0 Å². The van der Waals surface area contributed by atoms with Crippen LogP contribution in [-0.4, -0.2) is 64.0 Å². The molecule has 21 heavy (non-hydrogen) atoms. The van der Waals surface area contributed by atoms with Crippen molar-refractivity contribution in [1.29, 1.82) is 0 Å². The van der Waals surface area contributed by atoms with Gasteiger partial charge in [0.25, 0.3) is 0 Å². The summed E-state index contributed by atoms with van der Waals surface area (Å²) in [6.45, 7) is 4.62.